The van der Waals surface area contributed by atoms with Crippen molar-refractivity contribution >= 4 is 11.7 Å². The van der Waals surface area contributed by atoms with E-state index in [1.165, 1.54) is 0 Å². The van der Waals surface area contributed by atoms with Gasteiger partial charge in [0.2, 0.25) is 5.91 Å². The van der Waals surface area contributed by atoms with Crippen LogP contribution < -0.4 is 0 Å². The molecule has 3 fully saturated rings. The minimum Gasteiger partial charge on any atom is -0.329 e. The van der Waals surface area contributed by atoms with Gasteiger partial charge in [-0.25, -0.2) is 0 Å². The standard InChI is InChI=1S/C13H19NO2/c1-2-8-9-4-3-5-12(15)14-10(9)6-7-11(14)13(8)16/h8-11H,2-7H2,1H3/t8-,9+,10-,11+/m0/s1. The number of rotatable bonds is 1. The zero-order valence-corrected chi connectivity index (χ0v) is 9.82. The Kier molecular flexibility index (Phi) is 2.30. The predicted octanol–water partition coefficient (Wildman–Crippen LogP) is 1.75. The molecule has 0 aromatic heterocycles. The van der Waals surface area contributed by atoms with Gasteiger partial charge >= 0.3 is 0 Å². The number of amides is 1. The molecule has 3 heterocycles. The van der Waals surface area contributed by atoms with E-state index in [1.807, 2.05) is 4.90 Å². The number of carbonyl (C=O) groups is 2. The van der Waals surface area contributed by atoms with Crippen LogP contribution >= 0.6 is 0 Å². The summed E-state index contributed by atoms with van der Waals surface area (Å²) in [6, 6.07) is 0.333. The molecule has 3 nitrogen and oxygen atoms in total. The molecule has 1 amide bonds. The van der Waals surface area contributed by atoms with Crippen molar-refractivity contribution in [2.24, 2.45) is 11.8 Å². The van der Waals surface area contributed by atoms with Crippen LogP contribution in [-0.4, -0.2) is 28.7 Å². The average molecular weight is 221 g/mol. The Morgan fingerprint density at radius 3 is 2.81 bits per heavy atom. The van der Waals surface area contributed by atoms with Crippen molar-refractivity contribution in [2.45, 2.75) is 57.5 Å². The van der Waals surface area contributed by atoms with Gasteiger partial charge in [-0.15, -0.1) is 0 Å². The summed E-state index contributed by atoms with van der Waals surface area (Å²) >= 11 is 0. The summed E-state index contributed by atoms with van der Waals surface area (Å²) in [6.07, 6.45) is 5.65. The average Bonchev–Trinajstić information content (AvgIpc) is 2.60. The maximum absolute atomic E-state index is 12.3. The van der Waals surface area contributed by atoms with Crippen LogP contribution in [0.2, 0.25) is 0 Å². The van der Waals surface area contributed by atoms with Crippen LogP contribution in [0.4, 0.5) is 0 Å². The normalized spacial score (nSPS) is 42.4. The third kappa shape index (κ3) is 1.20. The highest BCUT2D eigenvalue weighted by Gasteiger charge is 2.53. The zero-order valence-electron chi connectivity index (χ0n) is 9.82. The fraction of sp³-hybridized carbons (Fsp3) is 0.846. The molecule has 0 spiro atoms. The van der Waals surface area contributed by atoms with Gasteiger partial charge in [0.25, 0.3) is 0 Å². The Hall–Kier alpha value is -0.860. The second-order valence-electron chi connectivity index (χ2n) is 5.43. The van der Waals surface area contributed by atoms with Crippen molar-refractivity contribution in [2.75, 3.05) is 0 Å². The molecule has 0 saturated carbocycles. The molecule has 0 aromatic carbocycles. The minimum absolute atomic E-state index is 0.0585. The molecule has 0 aromatic rings. The third-order valence-corrected chi connectivity index (χ3v) is 4.79. The van der Waals surface area contributed by atoms with E-state index < -0.39 is 0 Å². The van der Waals surface area contributed by atoms with E-state index in [9.17, 15) is 9.59 Å². The van der Waals surface area contributed by atoms with E-state index in [-0.39, 0.29) is 17.9 Å². The summed E-state index contributed by atoms with van der Waals surface area (Å²) in [6.45, 7) is 2.12. The van der Waals surface area contributed by atoms with Crippen molar-refractivity contribution < 1.29 is 9.59 Å². The van der Waals surface area contributed by atoms with Gasteiger partial charge in [-0.1, -0.05) is 6.92 Å². The summed E-state index contributed by atoms with van der Waals surface area (Å²) in [5.41, 5.74) is 0. The predicted molar refractivity (Wildman–Crippen MR) is 59.8 cm³/mol. The van der Waals surface area contributed by atoms with Gasteiger partial charge in [0, 0.05) is 18.4 Å². The van der Waals surface area contributed by atoms with Crippen molar-refractivity contribution in [1.29, 1.82) is 0 Å². The second-order valence-corrected chi connectivity index (χ2v) is 5.43. The molecule has 0 unspecified atom stereocenters. The fourth-order valence-electron chi connectivity index (χ4n) is 4.14. The van der Waals surface area contributed by atoms with E-state index >= 15 is 0 Å². The minimum atomic E-state index is -0.0585. The van der Waals surface area contributed by atoms with Crippen LogP contribution in [0.1, 0.15) is 45.4 Å². The Morgan fingerprint density at radius 2 is 2.06 bits per heavy atom. The molecule has 4 atom stereocenters. The highest BCUT2D eigenvalue weighted by atomic mass is 16.2. The molecule has 0 aliphatic carbocycles. The van der Waals surface area contributed by atoms with Gasteiger partial charge in [-0.2, -0.15) is 0 Å². The Balaban J connectivity index is 2.01. The Morgan fingerprint density at radius 1 is 1.25 bits per heavy atom. The van der Waals surface area contributed by atoms with Crippen molar-refractivity contribution in [3.05, 3.63) is 0 Å². The van der Waals surface area contributed by atoms with E-state index in [0.29, 0.717) is 24.2 Å². The number of hydrogen-bond donors (Lipinski definition) is 0. The van der Waals surface area contributed by atoms with Crippen LogP contribution in [0.5, 0.6) is 0 Å². The third-order valence-electron chi connectivity index (χ3n) is 4.79. The van der Waals surface area contributed by atoms with Crippen molar-refractivity contribution in [3.63, 3.8) is 0 Å². The molecule has 4 bridgehead atoms. The first kappa shape index (κ1) is 10.3. The molecule has 88 valence electrons. The highest BCUT2D eigenvalue weighted by molar-refractivity contribution is 5.93. The van der Waals surface area contributed by atoms with Gasteiger partial charge in [0.15, 0.2) is 5.78 Å². The van der Waals surface area contributed by atoms with E-state index in [1.54, 1.807) is 0 Å². The van der Waals surface area contributed by atoms with Gasteiger partial charge in [0.1, 0.15) is 0 Å². The summed E-state index contributed by atoms with van der Waals surface area (Å²) in [7, 11) is 0. The lowest BCUT2D eigenvalue weighted by Gasteiger charge is -2.41. The summed E-state index contributed by atoms with van der Waals surface area (Å²) in [5, 5.41) is 0. The molecular weight excluding hydrogens is 202 g/mol. The Bertz CT molecular complexity index is 339. The zero-order chi connectivity index (χ0) is 11.3. The van der Waals surface area contributed by atoms with Gasteiger partial charge in [0.05, 0.1) is 6.04 Å². The summed E-state index contributed by atoms with van der Waals surface area (Å²) in [4.78, 5) is 26.3. The van der Waals surface area contributed by atoms with Gasteiger partial charge < -0.3 is 4.90 Å². The molecule has 3 aliphatic rings. The lowest BCUT2D eigenvalue weighted by atomic mass is 9.76. The molecule has 0 N–H and O–H groups in total. The lowest BCUT2D eigenvalue weighted by Crippen LogP contribution is -2.55. The number of hydrogen-bond acceptors (Lipinski definition) is 2. The lowest BCUT2D eigenvalue weighted by molar-refractivity contribution is -0.147. The number of piperidine rings is 1. The van der Waals surface area contributed by atoms with Crippen LogP contribution in [0.25, 0.3) is 0 Å². The molecule has 0 radical (unpaired) electrons. The highest BCUT2D eigenvalue weighted by Crippen LogP contribution is 2.45. The maximum Gasteiger partial charge on any atom is 0.223 e. The van der Waals surface area contributed by atoms with Crippen molar-refractivity contribution in [3.8, 4) is 0 Å². The van der Waals surface area contributed by atoms with Crippen LogP contribution in [-0.2, 0) is 9.59 Å². The summed E-state index contributed by atoms with van der Waals surface area (Å²) < 4.78 is 0. The molecule has 3 rings (SSSR count). The van der Waals surface area contributed by atoms with Crippen LogP contribution in [0.3, 0.4) is 0 Å². The molecule has 3 aliphatic heterocycles. The number of carbonyl (C=O) groups excluding carboxylic acids is 2. The first-order chi connectivity index (χ1) is 7.74. The van der Waals surface area contributed by atoms with Crippen LogP contribution in [0, 0.1) is 11.8 Å². The number of nitrogens with zero attached hydrogens (tertiary/aromatic N) is 1. The van der Waals surface area contributed by atoms with Crippen LogP contribution in [0.15, 0.2) is 0 Å². The number of Topliss-reactive ketones (excluding diaryl/α,β-unsaturated/α-hetero) is 1. The smallest absolute Gasteiger partial charge is 0.223 e. The monoisotopic (exact) mass is 221 g/mol. The molecule has 3 heteroatoms. The quantitative estimate of drug-likeness (QED) is 0.676. The van der Waals surface area contributed by atoms with Gasteiger partial charge in [-0.3, -0.25) is 9.59 Å². The topological polar surface area (TPSA) is 37.4 Å². The first-order valence-electron chi connectivity index (χ1n) is 6.59. The molecular formula is C13H19NO2. The Labute approximate surface area is 96.2 Å². The maximum atomic E-state index is 12.3. The molecule has 3 saturated heterocycles. The van der Waals surface area contributed by atoms with Crippen molar-refractivity contribution in [1.82, 2.24) is 4.90 Å². The van der Waals surface area contributed by atoms with Gasteiger partial charge in [-0.05, 0) is 38.0 Å². The van der Waals surface area contributed by atoms with E-state index in [4.69, 9.17) is 0 Å². The second kappa shape index (κ2) is 3.57. The summed E-state index contributed by atoms with van der Waals surface area (Å²) in [5.74, 6) is 1.29. The molecule has 16 heavy (non-hydrogen) atoms. The fourth-order valence-corrected chi connectivity index (χ4v) is 4.14. The largest absolute Gasteiger partial charge is 0.329 e. The van der Waals surface area contributed by atoms with E-state index in [2.05, 4.69) is 6.92 Å². The van der Waals surface area contributed by atoms with E-state index in [0.717, 1.165) is 32.1 Å². The first-order valence-corrected chi connectivity index (χ1v) is 6.59. The SMILES string of the molecule is CC[C@@H]1C(=O)[C@H]2CC[C@H]3[C@@H]1CCCC(=O)N23. The number of ketones is 1.